The van der Waals surface area contributed by atoms with E-state index in [1.807, 2.05) is 63.2 Å². The summed E-state index contributed by atoms with van der Waals surface area (Å²) in [5, 5.41) is 1.01. The molecule has 1 atom stereocenters. The second-order valence-electron chi connectivity index (χ2n) is 5.40. The maximum Gasteiger partial charge on any atom is 0.173 e. The summed E-state index contributed by atoms with van der Waals surface area (Å²) in [7, 11) is -1.43. The third kappa shape index (κ3) is 2.88. The van der Waals surface area contributed by atoms with Gasteiger partial charge in [0.05, 0.1) is 11.1 Å². The van der Waals surface area contributed by atoms with Crippen LogP contribution in [0.25, 0.3) is 11.0 Å². The normalized spacial score (nSPS) is 13.0. The summed E-state index contributed by atoms with van der Waals surface area (Å²) >= 11 is 0. The Morgan fingerprint density at radius 3 is 2.41 bits per heavy atom. The van der Waals surface area contributed by atoms with E-state index in [1.165, 1.54) is 6.21 Å². The number of fused-ring (bicyclic) bond motifs is 1. The second-order valence-corrected chi connectivity index (χ2v) is 6.52. The molecule has 0 spiro atoms. The van der Waals surface area contributed by atoms with Gasteiger partial charge < -0.3 is 4.42 Å². The van der Waals surface area contributed by atoms with E-state index < -0.39 is 11.0 Å². The summed E-state index contributed by atoms with van der Waals surface area (Å²) < 4.78 is 22.3. The van der Waals surface area contributed by atoms with Crippen molar-refractivity contribution in [3.05, 3.63) is 64.9 Å². The van der Waals surface area contributed by atoms with Crippen molar-refractivity contribution in [2.45, 2.75) is 25.7 Å². The zero-order valence-electron chi connectivity index (χ0n) is 12.8. The summed E-state index contributed by atoms with van der Waals surface area (Å²) in [5.74, 6) is 0.608. The van der Waals surface area contributed by atoms with Crippen LogP contribution in [0.3, 0.4) is 0 Å². The van der Waals surface area contributed by atoms with E-state index in [9.17, 15) is 4.21 Å². The van der Waals surface area contributed by atoms with E-state index in [0.29, 0.717) is 5.76 Å². The van der Waals surface area contributed by atoms with Crippen LogP contribution in [-0.4, -0.2) is 10.4 Å². The number of benzene rings is 2. The zero-order chi connectivity index (χ0) is 15.7. The first-order valence-corrected chi connectivity index (χ1v) is 8.17. The largest absolute Gasteiger partial charge is 0.455 e. The van der Waals surface area contributed by atoms with Crippen LogP contribution < -0.4 is 0 Å². The number of para-hydroxylation sites is 1. The fourth-order valence-corrected chi connectivity index (χ4v) is 3.63. The van der Waals surface area contributed by atoms with Gasteiger partial charge in [-0.15, -0.1) is 0 Å². The quantitative estimate of drug-likeness (QED) is 0.668. The van der Waals surface area contributed by atoms with Crippen LogP contribution >= 0.6 is 0 Å². The number of nitrogens with zero attached hydrogens (tertiary/aromatic N) is 1. The molecule has 0 aliphatic carbocycles. The van der Waals surface area contributed by atoms with Gasteiger partial charge in [0.15, 0.2) is 11.0 Å². The molecule has 3 nitrogen and oxygen atoms in total. The molecular formula is C18H17NO2S. The Morgan fingerprint density at radius 1 is 1.05 bits per heavy atom. The van der Waals surface area contributed by atoms with E-state index in [2.05, 4.69) is 4.40 Å². The molecule has 0 fully saturated rings. The van der Waals surface area contributed by atoms with E-state index in [0.717, 1.165) is 32.6 Å². The van der Waals surface area contributed by atoms with Crippen LogP contribution in [0.2, 0.25) is 0 Å². The highest BCUT2D eigenvalue weighted by molar-refractivity contribution is 7.84. The molecule has 3 aromatic rings. The molecule has 22 heavy (non-hydrogen) atoms. The van der Waals surface area contributed by atoms with Crippen molar-refractivity contribution in [3.8, 4) is 0 Å². The number of furan rings is 1. The minimum absolute atomic E-state index is 0.608. The van der Waals surface area contributed by atoms with Gasteiger partial charge >= 0.3 is 0 Å². The molecule has 112 valence electrons. The number of aryl methyl sites for hydroxylation is 3. The van der Waals surface area contributed by atoms with Gasteiger partial charge in [-0.25, -0.2) is 4.21 Å². The lowest BCUT2D eigenvalue weighted by Crippen LogP contribution is -1.97. The maximum atomic E-state index is 12.5. The van der Waals surface area contributed by atoms with Crippen LogP contribution in [0, 0.1) is 20.8 Å². The SMILES string of the molecule is Cc1cc(C)c(S(=O)/N=C/c2cc3ccccc3o2)c(C)c1. The predicted molar refractivity (Wildman–Crippen MR) is 90.9 cm³/mol. The van der Waals surface area contributed by atoms with Gasteiger partial charge in [0, 0.05) is 5.39 Å². The number of hydrogen-bond acceptors (Lipinski definition) is 2. The van der Waals surface area contributed by atoms with Crippen molar-refractivity contribution in [2.75, 3.05) is 0 Å². The van der Waals surface area contributed by atoms with Crippen LogP contribution in [0.5, 0.6) is 0 Å². The molecular weight excluding hydrogens is 294 g/mol. The van der Waals surface area contributed by atoms with E-state index in [1.54, 1.807) is 0 Å². The minimum Gasteiger partial charge on any atom is -0.455 e. The zero-order valence-corrected chi connectivity index (χ0v) is 13.6. The standard InChI is InChI=1S/C18H17NO2S/c1-12-8-13(2)18(14(3)9-12)22(20)19-11-16-10-15-6-4-5-7-17(15)21-16/h4-11H,1-3H3/b19-11+. The van der Waals surface area contributed by atoms with Crippen LogP contribution in [0.4, 0.5) is 0 Å². The third-order valence-corrected chi connectivity index (χ3v) is 4.79. The van der Waals surface area contributed by atoms with Gasteiger partial charge in [-0.3, -0.25) is 0 Å². The Hall–Kier alpha value is -2.20. The Morgan fingerprint density at radius 2 is 1.73 bits per heavy atom. The van der Waals surface area contributed by atoms with Crippen molar-refractivity contribution in [1.29, 1.82) is 0 Å². The first-order valence-electron chi connectivity index (χ1n) is 7.07. The Balaban J connectivity index is 1.90. The van der Waals surface area contributed by atoms with Crippen molar-refractivity contribution in [2.24, 2.45) is 4.40 Å². The Labute approximate surface area is 132 Å². The second kappa shape index (κ2) is 5.89. The molecule has 0 bridgehead atoms. The van der Waals surface area contributed by atoms with E-state index in [-0.39, 0.29) is 0 Å². The highest BCUT2D eigenvalue weighted by atomic mass is 32.2. The lowest BCUT2D eigenvalue weighted by Gasteiger charge is -2.07. The molecule has 0 aliphatic heterocycles. The smallest absolute Gasteiger partial charge is 0.173 e. The predicted octanol–water partition coefficient (Wildman–Crippen LogP) is 4.50. The van der Waals surface area contributed by atoms with Crippen molar-refractivity contribution in [1.82, 2.24) is 0 Å². The molecule has 0 aliphatic rings. The van der Waals surface area contributed by atoms with Gasteiger partial charge in [0.1, 0.15) is 11.3 Å². The van der Waals surface area contributed by atoms with Crippen LogP contribution in [-0.2, 0) is 11.0 Å². The lowest BCUT2D eigenvalue weighted by molar-refractivity contribution is 0.608. The molecule has 0 N–H and O–H groups in total. The Kier molecular flexibility index (Phi) is 3.94. The van der Waals surface area contributed by atoms with Crippen molar-refractivity contribution < 1.29 is 8.63 Å². The fourth-order valence-electron chi connectivity index (χ4n) is 2.66. The monoisotopic (exact) mass is 311 g/mol. The molecule has 0 saturated carbocycles. The first kappa shape index (κ1) is 14.7. The third-order valence-electron chi connectivity index (χ3n) is 3.50. The summed E-state index contributed by atoms with van der Waals surface area (Å²) in [5.41, 5.74) is 3.96. The lowest BCUT2D eigenvalue weighted by atomic mass is 10.1. The molecule has 0 saturated heterocycles. The van der Waals surface area contributed by atoms with Gasteiger partial charge in [0.2, 0.25) is 0 Å². The van der Waals surface area contributed by atoms with Crippen LogP contribution in [0.1, 0.15) is 22.5 Å². The van der Waals surface area contributed by atoms with Gasteiger partial charge in [-0.2, -0.15) is 4.40 Å². The van der Waals surface area contributed by atoms with E-state index in [4.69, 9.17) is 4.42 Å². The molecule has 4 heteroatoms. The van der Waals surface area contributed by atoms with Gasteiger partial charge in [-0.1, -0.05) is 35.9 Å². The van der Waals surface area contributed by atoms with Crippen molar-refractivity contribution in [3.63, 3.8) is 0 Å². The summed E-state index contributed by atoms with van der Waals surface area (Å²) in [4.78, 5) is 0.776. The highest BCUT2D eigenvalue weighted by Crippen LogP contribution is 2.22. The molecule has 0 radical (unpaired) electrons. The minimum atomic E-state index is -1.43. The van der Waals surface area contributed by atoms with Gasteiger partial charge in [-0.05, 0) is 44.0 Å². The van der Waals surface area contributed by atoms with Gasteiger partial charge in [0.25, 0.3) is 0 Å². The first-order chi connectivity index (χ1) is 10.5. The Bertz CT molecular complexity index is 837. The summed E-state index contributed by atoms with van der Waals surface area (Å²) in [6.45, 7) is 5.96. The highest BCUT2D eigenvalue weighted by Gasteiger charge is 2.10. The average molecular weight is 311 g/mol. The van der Waals surface area contributed by atoms with Crippen molar-refractivity contribution >= 4 is 28.2 Å². The summed E-state index contributed by atoms with van der Waals surface area (Å²) in [6.07, 6.45) is 1.54. The summed E-state index contributed by atoms with van der Waals surface area (Å²) in [6, 6.07) is 13.7. The molecule has 1 aromatic heterocycles. The molecule has 2 aromatic carbocycles. The van der Waals surface area contributed by atoms with Crippen LogP contribution in [0.15, 0.2) is 56.2 Å². The number of rotatable bonds is 3. The fraction of sp³-hybridized carbons (Fsp3) is 0.167. The molecule has 3 rings (SSSR count). The number of hydrogen-bond donors (Lipinski definition) is 0. The molecule has 1 heterocycles. The maximum absolute atomic E-state index is 12.5. The average Bonchev–Trinajstić information content (AvgIpc) is 2.86. The topological polar surface area (TPSA) is 42.6 Å². The molecule has 0 amide bonds. The molecule has 1 unspecified atom stereocenters. The van der Waals surface area contributed by atoms with E-state index >= 15 is 0 Å².